The van der Waals surface area contributed by atoms with E-state index in [1.165, 1.54) is 0 Å². The quantitative estimate of drug-likeness (QED) is 0.557. The van der Waals surface area contributed by atoms with Crippen LogP contribution in [0.4, 0.5) is 5.13 Å². The monoisotopic (exact) mass is 363 g/mol. The van der Waals surface area contributed by atoms with Crippen LogP contribution in [-0.2, 0) is 0 Å². The van der Waals surface area contributed by atoms with E-state index in [1.54, 1.807) is 17.5 Å². The average molecular weight is 363 g/mol. The van der Waals surface area contributed by atoms with Gasteiger partial charge in [-0.3, -0.25) is 9.38 Å². The molecule has 0 saturated carbocycles. The molecule has 7 nitrogen and oxygen atoms in total. The molecule has 0 amide bonds. The average Bonchev–Trinajstić information content (AvgIpc) is 3.36. The smallest absolute Gasteiger partial charge is 0.208 e. The lowest BCUT2D eigenvalue weighted by molar-refractivity contribution is 0.487. The van der Waals surface area contributed by atoms with Gasteiger partial charge in [0.2, 0.25) is 5.13 Å². The molecule has 1 fully saturated rings. The Kier molecular flexibility index (Phi) is 3.82. The lowest BCUT2D eigenvalue weighted by Gasteiger charge is -2.31. The van der Waals surface area contributed by atoms with E-state index in [-0.39, 0.29) is 0 Å². The summed E-state index contributed by atoms with van der Waals surface area (Å²) in [7, 11) is 0. The maximum absolute atomic E-state index is 4.44. The molecule has 8 heteroatoms. The molecule has 5 heterocycles. The summed E-state index contributed by atoms with van der Waals surface area (Å²) in [4.78, 5) is 6.67. The highest BCUT2D eigenvalue weighted by molar-refractivity contribution is 7.18. The van der Waals surface area contributed by atoms with E-state index in [0.717, 1.165) is 53.2 Å². The van der Waals surface area contributed by atoms with E-state index in [9.17, 15) is 0 Å². The Morgan fingerprint density at radius 3 is 2.88 bits per heavy atom. The number of fused-ring (bicyclic) bond motifs is 1. The van der Waals surface area contributed by atoms with Crippen LogP contribution in [0.1, 0.15) is 24.6 Å². The highest BCUT2D eigenvalue weighted by Gasteiger charge is 2.27. The van der Waals surface area contributed by atoms with E-state index < -0.39 is 0 Å². The van der Waals surface area contributed by atoms with E-state index >= 15 is 0 Å². The number of nitrogens with zero attached hydrogens (tertiary/aromatic N) is 7. The van der Waals surface area contributed by atoms with Crippen molar-refractivity contribution in [3.05, 3.63) is 54.6 Å². The van der Waals surface area contributed by atoms with Gasteiger partial charge in [0.15, 0.2) is 10.7 Å². The van der Waals surface area contributed by atoms with Gasteiger partial charge in [-0.1, -0.05) is 23.5 Å². The van der Waals surface area contributed by atoms with Crippen molar-refractivity contribution in [3.63, 3.8) is 0 Å². The van der Waals surface area contributed by atoms with Crippen molar-refractivity contribution in [2.24, 2.45) is 0 Å². The van der Waals surface area contributed by atoms with Crippen LogP contribution in [0, 0.1) is 0 Å². The van der Waals surface area contributed by atoms with Crippen LogP contribution in [0.15, 0.2) is 48.8 Å². The molecule has 1 atom stereocenters. The molecule has 4 aromatic heterocycles. The molecule has 0 aromatic carbocycles. The number of pyridine rings is 2. The minimum absolute atomic E-state index is 0.336. The van der Waals surface area contributed by atoms with Crippen molar-refractivity contribution in [1.29, 1.82) is 0 Å². The third-order valence-corrected chi connectivity index (χ3v) is 5.70. The van der Waals surface area contributed by atoms with Crippen LogP contribution in [-0.4, -0.2) is 42.9 Å². The van der Waals surface area contributed by atoms with E-state index in [1.807, 2.05) is 42.6 Å². The second-order valence-corrected chi connectivity index (χ2v) is 7.33. The van der Waals surface area contributed by atoms with Crippen LogP contribution in [0.2, 0.25) is 0 Å². The topological polar surface area (TPSA) is 72.1 Å². The van der Waals surface area contributed by atoms with Gasteiger partial charge < -0.3 is 4.90 Å². The molecule has 0 spiro atoms. The first-order valence-corrected chi connectivity index (χ1v) is 9.49. The standard InChI is InChI=1S/C18H17N7S/c1-3-9-19-14(7-1)17-22-23-18(26-17)24-10-5-6-13(12-24)16-21-20-15-8-2-4-11-25(15)16/h1-4,7-9,11,13H,5-6,10,12H2. The molecule has 26 heavy (non-hydrogen) atoms. The van der Waals surface area contributed by atoms with E-state index in [0.29, 0.717) is 5.92 Å². The zero-order chi connectivity index (χ0) is 17.3. The number of hydrogen-bond acceptors (Lipinski definition) is 7. The molecular formula is C18H17N7S. The lowest BCUT2D eigenvalue weighted by Crippen LogP contribution is -2.35. The normalized spacial score (nSPS) is 17.7. The van der Waals surface area contributed by atoms with Gasteiger partial charge in [0.25, 0.3) is 0 Å². The van der Waals surface area contributed by atoms with Gasteiger partial charge in [-0.2, -0.15) is 0 Å². The first-order chi connectivity index (χ1) is 12.9. The Morgan fingerprint density at radius 1 is 1.00 bits per heavy atom. The summed E-state index contributed by atoms with van der Waals surface area (Å²) >= 11 is 1.59. The van der Waals surface area contributed by atoms with E-state index in [4.69, 9.17) is 0 Å². The van der Waals surface area contributed by atoms with Crippen LogP contribution < -0.4 is 4.90 Å². The first kappa shape index (κ1) is 15.4. The van der Waals surface area contributed by atoms with Crippen molar-refractivity contribution < 1.29 is 0 Å². The van der Waals surface area contributed by atoms with Gasteiger partial charge >= 0.3 is 0 Å². The lowest BCUT2D eigenvalue weighted by atomic mass is 9.97. The highest BCUT2D eigenvalue weighted by atomic mass is 32.1. The molecule has 0 aliphatic carbocycles. The van der Waals surface area contributed by atoms with Gasteiger partial charge in [0, 0.05) is 31.4 Å². The number of rotatable bonds is 3. The van der Waals surface area contributed by atoms with Gasteiger partial charge in [-0.25, -0.2) is 0 Å². The summed E-state index contributed by atoms with van der Waals surface area (Å²) in [5.41, 5.74) is 1.77. The predicted molar refractivity (Wildman–Crippen MR) is 100 cm³/mol. The molecule has 1 aliphatic heterocycles. The molecule has 130 valence electrons. The van der Waals surface area contributed by atoms with Gasteiger partial charge in [0.05, 0.1) is 0 Å². The zero-order valence-corrected chi connectivity index (χ0v) is 14.9. The fraction of sp³-hybridized carbons (Fsp3) is 0.278. The number of anilines is 1. The van der Waals surface area contributed by atoms with Gasteiger partial charge in [0.1, 0.15) is 11.5 Å². The number of aromatic nitrogens is 6. The highest BCUT2D eigenvalue weighted by Crippen LogP contribution is 2.33. The Balaban J connectivity index is 1.40. The molecule has 0 bridgehead atoms. The minimum atomic E-state index is 0.336. The summed E-state index contributed by atoms with van der Waals surface area (Å²) in [6.45, 7) is 1.87. The minimum Gasteiger partial charge on any atom is -0.346 e. The second-order valence-electron chi connectivity index (χ2n) is 6.38. The molecule has 0 radical (unpaired) electrons. The Labute approximate surface area is 154 Å². The first-order valence-electron chi connectivity index (χ1n) is 8.68. The molecule has 1 unspecified atom stereocenters. The van der Waals surface area contributed by atoms with Crippen molar-refractivity contribution >= 4 is 22.1 Å². The summed E-state index contributed by atoms with van der Waals surface area (Å²) in [6.07, 6.45) is 6.03. The summed E-state index contributed by atoms with van der Waals surface area (Å²) < 4.78 is 2.09. The summed E-state index contributed by atoms with van der Waals surface area (Å²) in [6, 6.07) is 11.8. The molecule has 1 aliphatic rings. The Bertz CT molecular complexity index is 1030. The second kappa shape index (κ2) is 6.45. The molecule has 1 saturated heterocycles. The largest absolute Gasteiger partial charge is 0.346 e. The van der Waals surface area contributed by atoms with Crippen LogP contribution in [0.5, 0.6) is 0 Å². The fourth-order valence-corrected chi connectivity index (χ4v) is 4.29. The fourth-order valence-electron chi connectivity index (χ4n) is 3.44. The molecule has 0 N–H and O–H groups in total. The maximum atomic E-state index is 4.44. The third kappa shape index (κ3) is 2.72. The van der Waals surface area contributed by atoms with Crippen LogP contribution in [0.3, 0.4) is 0 Å². The SMILES string of the molecule is c1ccc(-c2nnc(N3CCCC(c4nnc5ccccn45)C3)s2)nc1. The van der Waals surface area contributed by atoms with E-state index in [2.05, 4.69) is 34.7 Å². The predicted octanol–water partition coefficient (Wildman–Crippen LogP) is 3.03. The zero-order valence-electron chi connectivity index (χ0n) is 14.1. The molecule has 4 aromatic rings. The Morgan fingerprint density at radius 2 is 1.96 bits per heavy atom. The number of hydrogen-bond donors (Lipinski definition) is 0. The maximum Gasteiger partial charge on any atom is 0.208 e. The van der Waals surface area contributed by atoms with Crippen LogP contribution in [0.25, 0.3) is 16.3 Å². The van der Waals surface area contributed by atoms with Crippen molar-refractivity contribution in [2.45, 2.75) is 18.8 Å². The van der Waals surface area contributed by atoms with Crippen molar-refractivity contribution in [2.75, 3.05) is 18.0 Å². The molecule has 5 rings (SSSR count). The third-order valence-electron chi connectivity index (χ3n) is 4.70. The van der Waals surface area contributed by atoms with Crippen LogP contribution >= 0.6 is 11.3 Å². The van der Waals surface area contributed by atoms with Gasteiger partial charge in [-0.05, 0) is 37.1 Å². The summed E-state index contributed by atoms with van der Waals surface area (Å²) in [5.74, 6) is 1.36. The van der Waals surface area contributed by atoms with Crippen molar-refractivity contribution in [3.8, 4) is 10.7 Å². The molecular weight excluding hydrogens is 346 g/mol. The Hall–Kier alpha value is -2.87. The summed E-state index contributed by atoms with van der Waals surface area (Å²) in [5, 5.41) is 19.3. The van der Waals surface area contributed by atoms with Gasteiger partial charge in [-0.15, -0.1) is 20.4 Å². The van der Waals surface area contributed by atoms with Crippen molar-refractivity contribution in [1.82, 2.24) is 29.8 Å². The number of piperidine rings is 1.